The Kier molecular flexibility index (Phi) is 5.92. The molecular weight excluding hydrogens is 356 g/mol. The van der Waals surface area contributed by atoms with Crippen LogP contribution in [0.4, 0.5) is 0 Å². The first-order valence-electron chi connectivity index (χ1n) is 10.1. The summed E-state index contributed by atoms with van der Waals surface area (Å²) in [5.41, 5.74) is 2.33. The molecule has 0 aromatic carbocycles. The van der Waals surface area contributed by atoms with Crippen LogP contribution in [0.25, 0.3) is 0 Å². The van der Waals surface area contributed by atoms with Crippen molar-refractivity contribution >= 4 is 5.91 Å². The first-order valence-corrected chi connectivity index (χ1v) is 10.1. The van der Waals surface area contributed by atoms with Gasteiger partial charge >= 0.3 is 0 Å². The van der Waals surface area contributed by atoms with Gasteiger partial charge in [0.15, 0.2) is 5.82 Å². The molecule has 150 valence electrons. The lowest BCUT2D eigenvalue weighted by Crippen LogP contribution is -2.49. The topological polar surface area (TPSA) is 83.3 Å². The second-order valence-corrected chi connectivity index (χ2v) is 7.66. The number of tetrazole rings is 1. The number of hydrogen-bond donors (Lipinski definition) is 0. The number of carbonyl (C=O) groups is 1. The Morgan fingerprint density at radius 3 is 2.54 bits per heavy atom. The van der Waals surface area contributed by atoms with E-state index < -0.39 is 0 Å². The minimum Gasteiger partial charge on any atom is -0.339 e. The van der Waals surface area contributed by atoms with E-state index in [9.17, 15) is 4.79 Å². The molecule has 2 aliphatic rings. The summed E-state index contributed by atoms with van der Waals surface area (Å²) in [5, 5.41) is 11.9. The van der Waals surface area contributed by atoms with Gasteiger partial charge < -0.3 is 4.90 Å². The lowest BCUT2D eigenvalue weighted by atomic mass is 10.2. The summed E-state index contributed by atoms with van der Waals surface area (Å²) >= 11 is 0. The zero-order valence-corrected chi connectivity index (χ0v) is 16.5. The minimum atomic E-state index is 0.0867. The first kappa shape index (κ1) is 18.9. The number of rotatable bonds is 6. The van der Waals surface area contributed by atoms with E-state index in [4.69, 9.17) is 0 Å². The van der Waals surface area contributed by atoms with Crippen molar-refractivity contribution in [1.82, 2.24) is 39.9 Å². The van der Waals surface area contributed by atoms with Crippen LogP contribution in [0, 0.1) is 6.92 Å². The van der Waals surface area contributed by atoms with Gasteiger partial charge in [-0.3, -0.25) is 19.6 Å². The number of likely N-dealkylation sites (tertiary alicyclic amines) is 1. The van der Waals surface area contributed by atoms with E-state index >= 15 is 0 Å². The van der Waals surface area contributed by atoms with Crippen molar-refractivity contribution < 1.29 is 4.79 Å². The summed E-state index contributed by atoms with van der Waals surface area (Å²) in [6.07, 6.45) is 4.29. The maximum Gasteiger partial charge on any atom is 0.244 e. The first-order chi connectivity index (χ1) is 13.7. The summed E-state index contributed by atoms with van der Waals surface area (Å²) in [6, 6.07) is 4.06. The van der Waals surface area contributed by atoms with Crippen LogP contribution in [-0.4, -0.2) is 85.1 Å². The van der Waals surface area contributed by atoms with Crippen LogP contribution >= 0.6 is 0 Å². The lowest BCUT2D eigenvalue weighted by Gasteiger charge is -2.34. The molecule has 4 rings (SSSR count). The van der Waals surface area contributed by atoms with E-state index in [0.29, 0.717) is 0 Å². The smallest absolute Gasteiger partial charge is 0.244 e. The Morgan fingerprint density at radius 1 is 1.04 bits per heavy atom. The van der Waals surface area contributed by atoms with Crippen molar-refractivity contribution in [2.45, 2.75) is 39.4 Å². The van der Waals surface area contributed by atoms with Crippen molar-refractivity contribution in [3.8, 4) is 0 Å². The summed E-state index contributed by atoms with van der Waals surface area (Å²) in [5.74, 6) is 0.864. The largest absolute Gasteiger partial charge is 0.339 e. The number of amides is 1. The molecule has 0 saturated carbocycles. The molecule has 2 saturated heterocycles. The van der Waals surface area contributed by atoms with Crippen LogP contribution in [0.1, 0.15) is 29.9 Å². The quantitative estimate of drug-likeness (QED) is 0.709. The van der Waals surface area contributed by atoms with Crippen LogP contribution in [0.15, 0.2) is 18.3 Å². The second kappa shape index (κ2) is 8.74. The van der Waals surface area contributed by atoms with E-state index in [1.54, 1.807) is 4.68 Å². The molecule has 0 atom stereocenters. The Labute approximate surface area is 165 Å². The lowest BCUT2D eigenvalue weighted by molar-refractivity contribution is -0.134. The molecule has 28 heavy (non-hydrogen) atoms. The number of carbonyl (C=O) groups excluding carboxylic acids is 1. The molecule has 0 unspecified atom stereocenters. The molecule has 0 aliphatic carbocycles. The number of piperazine rings is 1. The van der Waals surface area contributed by atoms with Gasteiger partial charge in [0.05, 0.1) is 12.2 Å². The molecule has 0 N–H and O–H groups in total. The maximum atomic E-state index is 12.7. The predicted octanol–water partition coefficient (Wildman–Crippen LogP) is 0.317. The van der Waals surface area contributed by atoms with Gasteiger partial charge in [0.2, 0.25) is 5.91 Å². The van der Waals surface area contributed by atoms with Gasteiger partial charge in [-0.05, 0) is 54.9 Å². The minimum absolute atomic E-state index is 0.0867. The van der Waals surface area contributed by atoms with Gasteiger partial charge in [-0.1, -0.05) is 6.07 Å². The van der Waals surface area contributed by atoms with Gasteiger partial charge in [0, 0.05) is 38.9 Å². The Balaban J connectivity index is 1.28. The fourth-order valence-electron chi connectivity index (χ4n) is 3.88. The Morgan fingerprint density at radius 2 is 1.79 bits per heavy atom. The zero-order chi connectivity index (χ0) is 19.3. The van der Waals surface area contributed by atoms with Crippen LogP contribution in [-0.2, 0) is 24.4 Å². The van der Waals surface area contributed by atoms with E-state index in [0.717, 1.165) is 63.9 Å². The molecule has 1 amide bonds. The van der Waals surface area contributed by atoms with Crippen LogP contribution in [0.2, 0.25) is 0 Å². The van der Waals surface area contributed by atoms with E-state index in [1.807, 2.05) is 17.2 Å². The highest BCUT2D eigenvalue weighted by Crippen LogP contribution is 2.12. The monoisotopic (exact) mass is 384 g/mol. The third-order valence-corrected chi connectivity index (χ3v) is 5.67. The Hall–Kier alpha value is -2.39. The van der Waals surface area contributed by atoms with E-state index in [-0.39, 0.29) is 12.5 Å². The van der Waals surface area contributed by atoms with E-state index in [2.05, 4.69) is 43.3 Å². The number of nitrogens with zero attached hydrogens (tertiary/aromatic N) is 8. The average Bonchev–Trinajstić information content (AvgIpc) is 3.37. The average molecular weight is 384 g/mol. The number of aromatic nitrogens is 5. The van der Waals surface area contributed by atoms with Gasteiger partial charge in [-0.2, -0.15) is 0 Å². The van der Waals surface area contributed by atoms with Crippen LogP contribution < -0.4 is 0 Å². The molecule has 0 bridgehead atoms. The van der Waals surface area contributed by atoms with Crippen molar-refractivity contribution in [3.63, 3.8) is 0 Å². The molecule has 4 heterocycles. The summed E-state index contributed by atoms with van der Waals surface area (Å²) in [4.78, 5) is 23.8. The van der Waals surface area contributed by atoms with Gasteiger partial charge in [0.25, 0.3) is 0 Å². The number of pyridine rings is 1. The zero-order valence-electron chi connectivity index (χ0n) is 16.5. The highest BCUT2D eigenvalue weighted by Gasteiger charge is 2.24. The molecule has 0 spiro atoms. The summed E-state index contributed by atoms with van der Waals surface area (Å²) < 4.78 is 1.66. The molecule has 2 aromatic rings. The Bertz CT molecular complexity index is 793. The normalized spacial score (nSPS) is 18.7. The molecule has 9 nitrogen and oxygen atoms in total. The number of aryl methyl sites for hydroxylation is 1. The second-order valence-electron chi connectivity index (χ2n) is 7.66. The summed E-state index contributed by atoms with van der Waals surface area (Å²) in [7, 11) is 0. The highest BCUT2D eigenvalue weighted by atomic mass is 16.2. The maximum absolute atomic E-state index is 12.7. The fourth-order valence-corrected chi connectivity index (χ4v) is 3.88. The molecule has 0 radical (unpaired) electrons. The van der Waals surface area contributed by atoms with Crippen molar-refractivity contribution in [3.05, 3.63) is 35.4 Å². The SMILES string of the molecule is Cc1cccnc1CN1CCN(C(=O)Cn2nnnc2CN2CCCC2)CC1. The molecule has 9 heteroatoms. The van der Waals surface area contributed by atoms with Crippen molar-refractivity contribution in [2.24, 2.45) is 0 Å². The van der Waals surface area contributed by atoms with Gasteiger partial charge in [-0.25, -0.2) is 4.68 Å². The highest BCUT2D eigenvalue weighted by molar-refractivity contribution is 5.76. The van der Waals surface area contributed by atoms with Crippen molar-refractivity contribution in [2.75, 3.05) is 39.3 Å². The van der Waals surface area contributed by atoms with Crippen LogP contribution in [0.3, 0.4) is 0 Å². The van der Waals surface area contributed by atoms with E-state index in [1.165, 1.54) is 18.4 Å². The predicted molar refractivity (Wildman–Crippen MR) is 103 cm³/mol. The van der Waals surface area contributed by atoms with Crippen LogP contribution in [0.5, 0.6) is 0 Å². The summed E-state index contributed by atoms with van der Waals surface area (Å²) in [6.45, 7) is 9.21. The van der Waals surface area contributed by atoms with Crippen molar-refractivity contribution in [1.29, 1.82) is 0 Å². The van der Waals surface area contributed by atoms with Gasteiger partial charge in [-0.15, -0.1) is 5.10 Å². The standard InChI is InChI=1S/C19H28N8O/c1-16-5-4-6-20-17(16)13-25-9-11-26(12-10-25)19(28)15-27-18(21-22-23-27)14-24-7-2-3-8-24/h4-6H,2-3,7-15H2,1H3. The van der Waals surface area contributed by atoms with Gasteiger partial charge in [0.1, 0.15) is 6.54 Å². The third kappa shape index (κ3) is 4.53. The number of hydrogen-bond acceptors (Lipinski definition) is 7. The third-order valence-electron chi connectivity index (χ3n) is 5.67. The molecule has 2 aliphatic heterocycles. The fraction of sp³-hybridized carbons (Fsp3) is 0.632. The molecule has 2 aromatic heterocycles. The molecular formula is C19H28N8O. The molecule has 2 fully saturated rings.